The van der Waals surface area contributed by atoms with Crippen LogP contribution in [0.3, 0.4) is 0 Å². The van der Waals surface area contributed by atoms with Crippen molar-refractivity contribution < 1.29 is 14.3 Å². The van der Waals surface area contributed by atoms with Crippen LogP contribution in [0.5, 0.6) is 5.75 Å². The third-order valence-corrected chi connectivity index (χ3v) is 5.09. The normalized spacial score (nSPS) is 20.7. The van der Waals surface area contributed by atoms with E-state index in [0.29, 0.717) is 13.0 Å². The van der Waals surface area contributed by atoms with Crippen molar-refractivity contribution in [3.05, 3.63) is 28.2 Å². The third-order valence-electron chi connectivity index (χ3n) is 4.47. The molecule has 0 unspecified atom stereocenters. The molecule has 1 aliphatic rings. The maximum absolute atomic E-state index is 11.5. The molecule has 1 heterocycles. The Labute approximate surface area is 152 Å². The number of carbonyl (C=O) groups excluding carboxylic acids is 1. The number of methoxy groups -OCH3 is 1. The highest BCUT2D eigenvalue weighted by atomic mass is 79.9. The minimum Gasteiger partial charge on any atom is -0.488 e. The Hall–Kier alpha value is -0.780. The summed E-state index contributed by atoms with van der Waals surface area (Å²) in [6.45, 7) is 7.30. The summed E-state index contributed by atoms with van der Waals surface area (Å²) in [5, 5.41) is 3.13. The lowest BCUT2D eigenvalue weighted by atomic mass is 9.82. The van der Waals surface area contributed by atoms with Crippen molar-refractivity contribution >= 4 is 34.3 Å². The highest BCUT2D eigenvalue weighted by Gasteiger charge is 2.31. The first-order chi connectivity index (χ1) is 10.4. The number of carbonyl (C=O) groups is 1. The molecule has 23 heavy (non-hydrogen) atoms. The molecule has 2 atom stereocenters. The fourth-order valence-electron chi connectivity index (χ4n) is 2.52. The molecular weight excluding hydrogens is 382 g/mol. The first kappa shape index (κ1) is 20.3. The van der Waals surface area contributed by atoms with Crippen LogP contribution in [-0.2, 0) is 14.9 Å². The number of esters is 1. The molecule has 0 bridgehead atoms. The van der Waals surface area contributed by atoms with E-state index in [-0.39, 0.29) is 35.9 Å². The first-order valence-corrected chi connectivity index (χ1v) is 8.44. The van der Waals surface area contributed by atoms with E-state index in [0.717, 1.165) is 16.6 Å². The quantitative estimate of drug-likeness (QED) is 0.755. The molecule has 1 saturated heterocycles. The van der Waals surface area contributed by atoms with Crippen LogP contribution in [0.4, 0.5) is 0 Å². The lowest BCUT2D eigenvalue weighted by Crippen LogP contribution is -2.31. The Bertz CT molecular complexity index is 551. The van der Waals surface area contributed by atoms with Crippen molar-refractivity contribution in [2.75, 3.05) is 13.7 Å². The van der Waals surface area contributed by atoms with Gasteiger partial charge in [0.2, 0.25) is 0 Å². The van der Waals surface area contributed by atoms with Gasteiger partial charge in [-0.2, -0.15) is 0 Å². The maximum Gasteiger partial charge on any atom is 0.323 e. The van der Waals surface area contributed by atoms with Crippen molar-refractivity contribution in [2.24, 2.45) is 0 Å². The van der Waals surface area contributed by atoms with Crippen molar-refractivity contribution in [1.82, 2.24) is 5.32 Å². The molecule has 1 N–H and O–H groups in total. The first-order valence-electron chi connectivity index (χ1n) is 7.65. The number of benzene rings is 1. The molecule has 2 rings (SSSR count). The van der Waals surface area contributed by atoms with Crippen LogP contribution in [-0.4, -0.2) is 31.8 Å². The SMILES string of the molecule is CCC(C)(C)c1ccc(O[C@@H]2CN[C@H](C(=O)OC)C2)c(Br)c1.Cl. The Morgan fingerprint density at radius 2 is 2.13 bits per heavy atom. The summed E-state index contributed by atoms with van der Waals surface area (Å²) in [6, 6.07) is 5.97. The van der Waals surface area contributed by atoms with E-state index >= 15 is 0 Å². The Kier molecular flexibility index (Phi) is 7.36. The molecule has 1 aliphatic heterocycles. The fraction of sp³-hybridized carbons (Fsp3) is 0.588. The van der Waals surface area contributed by atoms with Gasteiger partial charge in [-0.3, -0.25) is 4.79 Å². The van der Waals surface area contributed by atoms with E-state index < -0.39 is 0 Å². The molecule has 0 saturated carbocycles. The third kappa shape index (κ3) is 4.85. The minimum atomic E-state index is -0.271. The summed E-state index contributed by atoms with van der Waals surface area (Å²) >= 11 is 3.60. The van der Waals surface area contributed by atoms with Crippen LogP contribution < -0.4 is 10.1 Å². The Morgan fingerprint density at radius 3 is 2.70 bits per heavy atom. The Balaban J connectivity index is 0.00000264. The fourth-order valence-corrected chi connectivity index (χ4v) is 2.99. The van der Waals surface area contributed by atoms with E-state index in [1.807, 2.05) is 6.07 Å². The number of rotatable bonds is 5. The molecule has 1 aromatic carbocycles. The second-order valence-corrected chi connectivity index (χ2v) is 7.20. The lowest BCUT2D eigenvalue weighted by Gasteiger charge is -2.24. The molecule has 1 aromatic rings. The van der Waals surface area contributed by atoms with E-state index in [2.05, 4.69) is 54.2 Å². The zero-order valence-electron chi connectivity index (χ0n) is 14.0. The maximum atomic E-state index is 11.5. The zero-order chi connectivity index (χ0) is 16.3. The summed E-state index contributed by atoms with van der Waals surface area (Å²) in [4.78, 5) is 11.5. The number of halogens is 2. The smallest absolute Gasteiger partial charge is 0.323 e. The highest BCUT2D eigenvalue weighted by Crippen LogP contribution is 2.34. The van der Waals surface area contributed by atoms with Crippen LogP contribution in [0.1, 0.15) is 39.2 Å². The van der Waals surface area contributed by atoms with Gasteiger partial charge in [-0.1, -0.05) is 26.8 Å². The van der Waals surface area contributed by atoms with Gasteiger partial charge in [-0.05, 0) is 45.5 Å². The minimum absolute atomic E-state index is 0. The van der Waals surface area contributed by atoms with Crippen LogP contribution >= 0.6 is 28.3 Å². The summed E-state index contributed by atoms with van der Waals surface area (Å²) in [6.07, 6.45) is 1.68. The summed E-state index contributed by atoms with van der Waals surface area (Å²) in [5.41, 5.74) is 1.43. The highest BCUT2D eigenvalue weighted by molar-refractivity contribution is 9.10. The largest absolute Gasteiger partial charge is 0.488 e. The van der Waals surface area contributed by atoms with Crippen molar-refractivity contribution in [3.63, 3.8) is 0 Å². The van der Waals surface area contributed by atoms with E-state index in [4.69, 9.17) is 9.47 Å². The van der Waals surface area contributed by atoms with Gasteiger partial charge < -0.3 is 14.8 Å². The van der Waals surface area contributed by atoms with Crippen LogP contribution in [0, 0.1) is 0 Å². The number of hydrogen-bond acceptors (Lipinski definition) is 4. The van der Waals surface area contributed by atoms with Gasteiger partial charge in [0.25, 0.3) is 0 Å². The van der Waals surface area contributed by atoms with E-state index in [9.17, 15) is 4.79 Å². The molecule has 0 radical (unpaired) electrons. The van der Waals surface area contributed by atoms with Gasteiger partial charge >= 0.3 is 5.97 Å². The van der Waals surface area contributed by atoms with Gasteiger partial charge in [0, 0.05) is 13.0 Å². The van der Waals surface area contributed by atoms with Gasteiger partial charge in [-0.15, -0.1) is 12.4 Å². The van der Waals surface area contributed by atoms with Crippen molar-refractivity contribution in [1.29, 1.82) is 0 Å². The van der Waals surface area contributed by atoms with Crippen molar-refractivity contribution in [2.45, 2.75) is 51.2 Å². The van der Waals surface area contributed by atoms with Gasteiger partial charge in [0.15, 0.2) is 0 Å². The van der Waals surface area contributed by atoms with E-state index in [1.165, 1.54) is 12.7 Å². The molecule has 0 aliphatic carbocycles. The second kappa shape index (κ2) is 8.36. The average Bonchev–Trinajstić information content (AvgIpc) is 2.97. The summed E-state index contributed by atoms with van der Waals surface area (Å²) in [5.74, 6) is 0.582. The number of ether oxygens (including phenoxy) is 2. The lowest BCUT2D eigenvalue weighted by molar-refractivity contribution is -0.142. The van der Waals surface area contributed by atoms with Gasteiger partial charge in [-0.25, -0.2) is 0 Å². The summed E-state index contributed by atoms with van der Waals surface area (Å²) < 4.78 is 11.7. The molecule has 1 fully saturated rings. The average molecular weight is 407 g/mol. The predicted octanol–water partition coefficient (Wildman–Crippen LogP) is 3.84. The molecule has 0 amide bonds. The van der Waals surface area contributed by atoms with Crippen LogP contribution in [0.25, 0.3) is 0 Å². The molecule has 0 aromatic heterocycles. The zero-order valence-corrected chi connectivity index (χ0v) is 16.4. The number of nitrogens with one attached hydrogen (secondary N) is 1. The second-order valence-electron chi connectivity index (χ2n) is 6.34. The standard InChI is InChI=1S/C17H24BrNO3.ClH/c1-5-17(2,3)11-6-7-15(13(18)8-11)22-12-9-14(19-10-12)16(20)21-4;/h6-8,12,14,19H,5,9-10H2,1-4H3;1H/t12-,14-;/m0./s1. The van der Waals surface area contributed by atoms with Gasteiger partial charge in [0.05, 0.1) is 11.6 Å². The topological polar surface area (TPSA) is 47.6 Å². The Morgan fingerprint density at radius 1 is 1.43 bits per heavy atom. The molecule has 6 heteroatoms. The van der Waals surface area contributed by atoms with E-state index in [1.54, 1.807) is 0 Å². The molecule has 4 nitrogen and oxygen atoms in total. The molecule has 0 spiro atoms. The van der Waals surface area contributed by atoms with Crippen LogP contribution in [0.2, 0.25) is 0 Å². The molecule has 130 valence electrons. The van der Waals surface area contributed by atoms with Crippen molar-refractivity contribution in [3.8, 4) is 5.75 Å². The van der Waals surface area contributed by atoms with Crippen LogP contribution in [0.15, 0.2) is 22.7 Å². The molecular formula is C17H25BrClNO3. The van der Waals surface area contributed by atoms with Gasteiger partial charge in [0.1, 0.15) is 17.9 Å². The summed E-state index contributed by atoms with van der Waals surface area (Å²) in [7, 11) is 1.41. The number of hydrogen-bond donors (Lipinski definition) is 1. The monoisotopic (exact) mass is 405 g/mol. The predicted molar refractivity (Wildman–Crippen MR) is 97.5 cm³/mol.